The van der Waals surface area contributed by atoms with Crippen LogP contribution in [0.25, 0.3) is 72.8 Å². The van der Waals surface area contributed by atoms with E-state index in [9.17, 15) is 26.3 Å². The zero-order chi connectivity index (χ0) is 35.3. The van der Waals surface area contributed by atoms with Gasteiger partial charge in [0.2, 0.25) is 0 Å². The Kier molecular flexibility index (Phi) is 7.67. The van der Waals surface area contributed by atoms with Crippen molar-refractivity contribution in [2.75, 3.05) is 0 Å². The lowest BCUT2D eigenvalue weighted by atomic mass is 9.97. The van der Waals surface area contributed by atoms with Crippen molar-refractivity contribution >= 4 is 21.8 Å². The van der Waals surface area contributed by atoms with Crippen molar-refractivity contribution in [2.45, 2.75) is 12.4 Å². The van der Waals surface area contributed by atoms with Crippen LogP contribution in [0.5, 0.6) is 0 Å². The summed E-state index contributed by atoms with van der Waals surface area (Å²) in [6.45, 7) is 0. The number of aromatic nitrogens is 4. The van der Waals surface area contributed by atoms with Crippen molar-refractivity contribution in [2.24, 2.45) is 0 Å². The molecule has 51 heavy (non-hydrogen) atoms. The quantitative estimate of drug-likeness (QED) is 0.169. The van der Waals surface area contributed by atoms with E-state index in [0.29, 0.717) is 50.4 Å². The molecule has 0 unspecified atom stereocenters. The third kappa shape index (κ3) is 5.99. The molecule has 0 saturated carbocycles. The highest BCUT2D eigenvalue weighted by Crippen LogP contribution is 2.40. The number of alkyl halides is 6. The Balaban J connectivity index is 1.40. The van der Waals surface area contributed by atoms with Crippen molar-refractivity contribution in [1.82, 2.24) is 19.5 Å². The average molecular weight is 687 g/mol. The van der Waals surface area contributed by atoms with Gasteiger partial charge in [-0.3, -0.25) is 0 Å². The lowest BCUT2D eigenvalue weighted by Gasteiger charge is -2.16. The topological polar surface area (TPSA) is 43.6 Å². The Morgan fingerprint density at radius 1 is 0.392 bits per heavy atom. The molecule has 0 aliphatic rings. The van der Waals surface area contributed by atoms with Crippen molar-refractivity contribution in [3.8, 4) is 51.0 Å². The van der Waals surface area contributed by atoms with Gasteiger partial charge in [-0.2, -0.15) is 26.3 Å². The van der Waals surface area contributed by atoms with E-state index in [-0.39, 0.29) is 5.82 Å². The van der Waals surface area contributed by atoms with Gasteiger partial charge in [0.1, 0.15) is 0 Å². The second kappa shape index (κ2) is 12.2. The molecule has 2 aromatic heterocycles. The first-order valence-electron chi connectivity index (χ1n) is 15.8. The summed E-state index contributed by atoms with van der Waals surface area (Å²) in [5.41, 5.74) is 2.74. The van der Waals surface area contributed by atoms with Gasteiger partial charge >= 0.3 is 12.4 Å². The van der Waals surface area contributed by atoms with Gasteiger partial charge in [0, 0.05) is 33.2 Å². The van der Waals surface area contributed by atoms with E-state index in [0.717, 1.165) is 40.8 Å². The number of rotatable bonds is 5. The van der Waals surface area contributed by atoms with Crippen molar-refractivity contribution in [1.29, 1.82) is 0 Å². The van der Waals surface area contributed by atoms with E-state index in [4.69, 9.17) is 15.0 Å². The van der Waals surface area contributed by atoms with Crippen LogP contribution in [0.2, 0.25) is 0 Å². The molecule has 6 aromatic carbocycles. The summed E-state index contributed by atoms with van der Waals surface area (Å²) in [5, 5.41) is 1.37. The largest absolute Gasteiger partial charge is 0.416 e. The molecule has 0 N–H and O–H groups in total. The van der Waals surface area contributed by atoms with Crippen LogP contribution in [0.4, 0.5) is 26.3 Å². The summed E-state index contributed by atoms with van der Waals surface area (Å²) in [6.07, 6.45) is -9.12. The number of hydrogen-bond acceptors (Lipinski definition) is 3. The number of fused-ring (bicyclic) bond motifs is 3. The minimum absolute atomic E-state index is 0.269. The molecule has 10 heteroatoms. The molecule has 0 aliphatic carbocycles. The first-order chi connectivity index (χ1) is 24.5. The van der Waals surface area contributed by atoms with Gasteiger partial charge in [-0.25, -0.2) is 15.0 Å². The predicted molar refractivity (Wildman–Crippen MR) is 186 cm³/mol. The number of hydrogen-bond donors (Lipinski definition) is 0. The highest BCUT2D eigenvalue weighted by molar-refractivity contribution is 6.09. The van der Waals surface area contributed by atoms with E-state index in [1.807, 2.05) is 78.9 Å². The maximum atomic E-state index is 14.0. The number of nitrogens with zero attached hydrogens (tertiary/aromatic N) is 4. The van der Waals surface area contributed by atoms with E-state index < -0.39 is 23.5 Å². The van der Waals surface area contributed by atoms with Crippen LogP contribution in [0.3, 0.4) is 0 Å². The van der Waals surface area contributed by atoms with Gasteiger partial charge in [-0.05, 0) is 59.7 Å². The monoisotopic (exact) mass is 686 g/mol. The highest BCUT2D eigenvalue weighted by atomic mass is 19.4. The smallest absolute Gasteiger partial charge is 0.309 e. The van der Waals surface area contributed by atoms with Gasteiger partial charge in [0.05, 0.1) is 22.2 Å². The van der Waals surface area contributed by atoms with Crippen molar-refractivity contribution < 1.29 is 26.3 Å². The number of halogens is 6. The average Bonchev–Trinajstić information content (AvgIpc) is 3.48. The summed E-state index contributed by atoms with van der Waals surface area (Å²) >= 11 is 0. The Morgan fingerprint density at radius 2 is 0.922 bits per heavy atom. The molecule has 0 radical (unpaired) electrons. The molecule has 2 heterocycles. The SMILES string of the molecule is FC(F)(F)c1ccc(-c2cc(-n3c4ccccc4c4ccc(C(F)(F)F)cc43)ccc2-c2nc(-c3ccccc3)nc(-c3ccccc3)n2)cc1. The van der Waals surface area contributed by atoms with Gasteiger partial charge in [-0.1, -0.05) is 97.1 Å². The Morgan fingerprint density at radius 3 is 1.53 bits per heavy atom. The number of para-hydroxylation sites is 1. The molecule has 0 atom stereocenters. The Hall–Kier alpha value is -6.29. The van der Waals surface area contributed by atoms with Crippen molar-refractivity contribution in [3.63, 3.8) is 0 Å². The third-order valence-corrected chi connectivity index (χ3v) is 8.73. The van der Waals surface area contributed by atoms with E-state index in [2.05, 4.69) is 0 Å². The van der Waals surface area contributed by atoms with Gasteiger partial charge in [-0.15, -0.1) is 0 Å². The summed E-state index contributed by atoms with van der Waals surface area (Å²) in [5.74, 6) is 1.05. The standard InChI is InChI=1S/C41H24F6N4/c42-40(43,44)28-17-15-25(16-18-28)34-24-30(51-35-14-8-7-13-31(35)32-21-19-29(23-36(32)51)41(45,46)47)20-22-33(34)39-49-37(26-9-3-1-4-10-26)48-38(50-39)27-11-5-2-6-12-27/h1-24H. The lowest BCUT2D eigenvalue weighted by molar-refractivity contribution is -0.138. The fourth-order valence-electron chi connectivity index (χ4n) is 6.30. The van der Waals surface area contributed by atoms with Crippen LogP contribution in [-0.2, 0) is 12.4 Å². The van der Waals surface area contributed by atoms with Crippen LogP contribution in [0.15, 0.2) is 146 Å². The molecule has 0 amide bonds. The summed E-state index contributed by atoms with van der Waals surface area (Å²) in [7, 11) is 0. The number of benzene rings is 6. The lowest BCUT2D eigenvalue weighted by Crippen LogP contribution is -2.05. The molecule has 8 aromatic rings. The molecule has 0 fully saturated rings. The second-order valence-corrected chi connectivity index (χ2v) is 11.9. The van der Waals surface area contributed by atoms with Gasteiger partial charge in [0.15, 0.2) is 17.5 Å². The Labute approximate surface area is 287 Å². The molecular weight excluding hydrogens is 662 g/mol. The molecule has 250 valence electrons. The predicted octanol–water partition coefficient (Wildman–Crippen LogP) is 11.7. The van der Waals surface area contributed by atoms with Crippen LogP contribution in [-0.4, -0.2) is 19.5 Å². The first-order valence-corrected chi connectivity index (χ1v) is 15.8. The maximum absolute atomic E-state index is 14.0. The minimum atomic E-state index is -4.57. The third-order valence-electron chi connectivity index (χ3n) is 8.73. The van der Waals surface area contributed by atoms with Gasteiger partial charge < -0.3 is 4.57 Å². The Bertz CT molecular complexity index is 2480. The first kappa shape index (κ1) is 31.9. The molecular formula is C41H24F6N4. The molecule has 8 rings (SSSR count). The summed E-state index contributed by atoms with van der Waals surface area (Å²) in [6, 6.07) is 39.6. The summed E-state index contributed by atoms with van der Waals surface area (Å²) in [4.78, 5) is 14.4. The van der Waals surface area contributed by atoms with Crippen LogP contribution in [0.1, 0.15) is 11.1 Å². The van der Waals surface area contributed by atoms with Crippen LogP contribution >= 0.6 is 0 Å². The van der Waals surface area contributed by atoms with Crippen LogP contribution < -0.4 is 0 Å². The van der Waals surface area contributed by atoms with Crippen LogP contribution in [0, 0.1) is 0 Å². The molecule has 0 spiro atoms. The summed E-state index contributed by atoms with van der Waals surface area (Å²) < 4.78 is 84.5. The molecule has 4 nitrogen and oxygen atoms in total. The normalized spacial score (nSPS) is 12.1. The second-order valence-electron chi connectivity index (χ2n) is 11.9. The molecule has 0 aliphatic heterocycles. The minimum Gasteiger partial charge on any atom is -0.309 e. The van der Waals surface area contributed by atoms with Gasteiger partial charge in [0.25, 0.3) is 0 Å². The maximum Gasteiger partial charge on any atom is 0.416 e. The fraction of sp³-hybridized carbons (Fsp3) is 0.0488. The van der Waals surface area contributed by atoms with E-state index in [1.54, 1.807) is 28.8 Å². The zero-order valence-corrected chi connectivity index (χ0v) is 26.4. The van der Waals surface area contributed by atoms with E-state index >= 15 is 0 Å². The highest BCUT2D eigenvalue weighted by Gasteiger charge is 2.32. The molecule has 0 saturated heterocycles. The van der Waals surface area contributed by atoms with E-state index in [1.165, 1.54) is 18.2 Å². The zero-order valence-electron chi connectivity index (χ0n) is 26.4. The molecule has 0 bridgehead atoms. The van der Waals surface area contributed by atoms with Crippen molar-refractivity contribution in [3.05, 3.63) is 157 Å². The fourth-order valence-corrected chi connectivity index (χ4v) is 6.30.